The fraction of sp³-hybridized carbons (Fsp3) is 0.467. The van der Waals surface area contributed by atoms with Crippen molar-refractivity contribution in [3.63, 3.8) is 0 Å². The molecule has 120 valence electrons. The van der Waals surface area contributed by atoms with Gasteiger partial charge < -0.3 is 19.0 Å². The van der Waals surface area contributed by atoms with Gasteiger partial charge >= 0.3 is 12.1 Å². The van der Waals surface area contributed by atoms with Gasteiger partial charge in [0.05, 0.1) is 26.5 Å². The summed E-state index contributed by atoms with van der Waals surface area (Å²) in [5, 5.41) is 1.25. The molecule has 0 fully saturated rings. The molecule has 0 amide bonds. The number of methoxy groups -OCH3 is 2. The molecule has 0 aromatic heterocycles. The van der Waals surface area contributed by atoms with Crippen molar-refractivity contribution in [2.75, 3.05) is 25.9 Å². The van der Waals surface area contributed by atoms with E-state index in [2.05, 4.69) is 0 Å². The van der Waals surface area contributed by atoms with Crippen LogP contribution in [-0.2, 0) is 25.5 Å². The number of fused-ring (bicyclic) bond motifs is 1. The van der Waals surface area contributed by atoms with Crippen LogP contribution >= 0.6 is 0 Å². The molecule has 1 heterocycles. The van der Waals surface area contributed by atoms with E-state index in [1.807, 2.05) is 6.07 Å². The highest BCUT2D eigenvalue weighted by Crippen LogP contribution is 2.34. The summed E-state index contributed by atoms with van der Waals surface area (Å²) in [4.78, 5) is 28.8. The Hall–Kier alpha value is -2.44. The summed E-state index contributed by atoms with van der Waals surface area (Å²) in [5.41, 5.74) is 1.54. The first-order chi connectivity index (χ1) is 10.6. The highest BCUT2D eigenvalue weighted by atomic mass is 16.8. The predicted molar refractivity (Wildman–Crippen MR) is 77.7 cm³/mol. The number of nitrogens with zero attached hydrogens (tertiary/aromatic N) is 1. The van der Waals surface area contributed by atoms with Crippen LogP contribution in [0.5, 0.6) is 5.75 Å². The standard InChI is InChI=1S/C15H19NO6/c1-4-21-15(18)22-16-12-8-6-11(19-2)9-10(12)5-7-13(16)14(17)20-3/h6,8-9,13H,4-5,7H2,1-3H3. The molecule has 1 atom stereocenters. The van der Waals surface area contributed by atoms with Crippen molar-refractivity contribution in [1.82, 2.24) is 0 Å². The highest BCUT2D eigenvalue weighted by Gasteiger charge is 2.36. The molecule has 1 aromatic rings. The van der Waals surface area contributed by atoms with Crippen LogP contribution < -0.4 is 9.80 Å². The van der Waals surface area contributed by atoms with E-state index in [0.29, 0.717) is 24.3 Å². The lowest BCUT2D eigenvalue weighted by atomic mass is 9.97. The van der Waals surface area contributed by atoms with Crippen LogP contribution in [-0.4, -0.2) is 39.0 Å². The maximum Gasteiger partial charge on any atom is 0.533 e. The summed E-state index contributed by atoms with van der Waals surface area (Å²) in [6.45, 7) is 1.86. The van der Waals surface area contributed by atoms with Crippen molar-refractivity contribution in [1.29, 1.82) is 0 Å². The van der Waals surface area contributed by atoms with Crippen molar-refractivity contribution >= 4 is 17.8 Å². The maximum atomic E-state index is 11.9. The molecule has 0 N–H and O–H groups in total. The maximum absolute atomic E-state index is 11.9. The topological polar surface area (TPSA) is 74.3 Å². The summed E-state index contributed by atoms with van der Waals surface area (Å²) in [7, 11) is 2.88. The first-order valence-electron chi connectivity index (χ1n) is 6.99. The van der Waals surface area contributed by atoms with Crippen LogP contribution in [0.3, 0.4) is 0 Å². The second kappa shape index (κ2) is 7.02. The zero-order valence-corrected chi connectivity index (χ0v) is 12.8. The molecule has 0 spiro atoms. The Morgan fingerprint density at radius 1 is 1.32 bits per heavy atom. The van der Waals surface area contributed by atoms with Crippen molar-refractivity contribution in [3.8, 4) is 5.75 Å². The number of carbonyl (C=O) groups excluding carboxylic acids is 2. The minimum absolute atomic E-state index is 0.186. The Kier molecular flexibility index (Phi) is 5.08. The number of rotatable bonds is 4. The molecule has 1 aliphatic heterocycles. The van der Waals surface area contributed by atoms with Crippen molar-refractivity contribution < 1.29 is 28.6 Å². The normalized spacial score (nSPS) is 16.5. The van der Waals surface area contributed by atoms with E-state index < -0.39 is 18.2 Å². The van der Waals surface area contributed by atoms with Crippen LogP contribution in [0.25, 0.3) is 0 Å². The smallest absolute Gasteiger partial charge is 0.497 e. The van der Waals surface area contributed by atoms with Gasteiger partial charge in [0.2, 0.25) is 0 Å². The van der Waals surface area contributed by atoms with Gasteiger partial charge in [-0.15, -0.1) is 0 Å². The third-order valence-corrected chi connectivity index (χ3v) is 3.40. The fourth-order valence-corrected chi connectivity index (χ4v) is 2.37. The Balaban J connectivity index is 2.33. The largest absolute Gasteiger partial charge is 0.533 e. The summed E-state index contributed by atoms with van der Waals surface area (Å²) >= 11 is 0. The van der Waals surface area contributed by atoms with Gasteiger partial charge in [0.1, 0.15) is 5.75 Å². The van der Waals surface area contributed by atoms with Crippen LogP contribution in [0.15, 0.2) is 18.2 Å². The fourth-order valence-electron chi connectivity index (χ4n) is 2.37. The molecule has 1 aliphatic rings. The van der Waals surface area contributed by atoms with Gasteiger partial charge in [-0.3, -0.25) is 0 Å². The minimum Gasteiger partial charge on any atom is -0.497 e. The molecule has 0 saturated carbocycles. The van der Waals surface area contributed by atoms with E-state index >= 15 is 0 Å². The second-order valence-electron chi connectivity index (χ2n) is 4.67. The Morgan fingerprint density at radius 3 is 2.73 bits per heavy atom. The van der Waals surface area contributed by atoms with Gasteiger partial charge in [0.15, 0.2) is 6.04 Å². The third-order valence-electron chi connectivity index (χ3n) is 3.40. The average molecular weight is 309 g/mol. The molecule has 2 rings (SSSR count). The molecule has 0 bridgehead atoms. The van der Waals surface area contributed by atoms with Crippen LogP contribution in [0.4, 0.5) is 10.5 Å². The molecule has 0 saturated heterocycles. The molecule has 0 aliphatic carbocycles. The lowest BCUT2D eigenvalue weighted by Crippen LogP contribution is -2.46. The molecule has 1 aromatic carbocycles. The second-order valence-corrected chi connectivity index (χ2v) is 4.67. The average Bonchev–Trinajstić information content (AvgIpc) is 2.54. The highest BCUT2D eigenvalue weighted by molar-refractivity contribution is 5.82. The SMILES string of the molecule is CCOC(=O)ON1c2ccc(OC)cc2CCC1C(=O)OC. The van der Waals surface area contributed by atoms with Crippen molar-refractivity contribution in [3.05, 3.63) is 23.8 Å². The van der Waals surface area contributed by atoms with Gasteiger partial charge in [0, 0.05) is 0 Å². The van der Waals surface area contributed by atoms with E-state index in [9.17, 15) is 9.59 Å². The van der Waals surface area contributed by atoms with Crippen LogP contribution in [0, 0.1) is 0 Å². The Bertz CT molecular complexity index is 559. The van der Waals surface area contributed by atoms with Gasteiger partial charge in [-0.1, -0.05) is 0 Å². The van der Waals surface area contributed by atoms with Gasteiger partial charge in [-0.05, 0) is 43.5 Å². The van der Waals surface area contributed by atoms with E-state index in [4.69, 9.17) is 19.0 Å². The molecule has 22 heavy (non-hydrogen) atoms. The van der Waals surface area contributed by atoms with Crippen molar-refractivity contribution in [2.45, 2.75) is 25.8 Å². The first-order valence-corrected chi connectivity index (χ1v) is 6.99. The van der Waals surface area contributed by atoms with E-state index in [1.165, 1.54) is 12.2 Å². The van der Waals surface area contributed by atoms with E-state index in [0.717, 1.165) is 5.56 Å². The third kappa shape index (κ3) is 3.24. The monoisotopic (exact) mass is 309 g/mol. The lowest BCUT2D eigenvalue weighted by molar-refractivity contribution is -0.144. The quantitative estimate of drug-likeness (QED) is 0.788. The van der Waals surface area contributed by atoms with Gasteiger partial charge in [-0.2, -0.15) is 5.06 Å². The summed E-state index contributed by atoms with van der Waals surface area (Å²) in [6, 6.07) is 4.63. The number of anilines is 1. The number of benzene rings is 1. The van der Waals surface area contributed by atoms with Gasteiger partial charge in [0.25, 0.3) is 0 Å². The van der Waals surface area contributed by atoms with E-state index in [1.54, 1.807) is 26.2 Å². The molecule has 7 nitrogen and oxygen atoms in total. The number of aryl methyl sites for hydroxylation is 1. The van der Waals surface area contributed by atoms with Crippen LogP contribution in [0.2, 0.25) is 0 Å². The summed E-state index contributed by atoms with van der Waals surface area (Å²) < 4.78 is 14.8. The number of hydrogen-bond acceptors (Lipinski definition) is 7. The first kappa shape index (κ1) is 15.9. The number of esters is 1. The molecule has 7 heteroatoms. The van der Waals surface area contributed by atoms with Crippen LogP contribution in [0.1, 0.15) is 18.9 Å². The number of carbonyl (C=O) groups is 2. The zero-order valence-electron chi connectivity index (χ0n) is 12.8. The molecule has 1 unspecified atom stereocenters. The van der Waals surface area contributed by atoms with E-state index in [-0.39, 0.29) is 6.61 Å². The van der Waals surface area contributed by atoms with Crippen molar-refractivity contribution in [2.24, 2.45) is 0 Å². The summed E-state index contributed by atoms with van der Waals surface area (Å²) in [6.07, 6.45) is 0.251. The van der Waals surface area contributed by atoms with Gasteiger partial charge in [-0.25, -0.2) is 9.59 Å². The number of hydroxylamine groups is 1. The Labute approximate surface area is 128 Å². The predicted octanol–water partition coefficient (Wildman–Crippen LogP) is 2.08. The summed E-state index contributed by atoms with van der Waals surface area (Å²) in [5.74, 6) is 0.233. The number of ether oxygens (including phenoxy) is 3. The molecule has 0 radical (unpaired) electrons. The zero-order chi connectivity index (χ0) is 16.1. The number of hydrogen-bond donors (Lipinski definition) is 0. The molecular formula is C15H19NO6. The lowest BCUT2D eigenvalue weighted by Gasteiger charge is -2.34. The minimum atomic E-state index is -0.861. The Morgan fingerprint density at radius 2 is 2.09 bits per heavy atom. The molecular weight excluding hydrogens is 290 g/mol.